The van der Waals surface area contributed by atoms with Crippen molar-refractivity contribution in [3.8, 4) is 0 Å². The van der Waals surface area contributed by atoms with Crippen molar-refractivity contribution in [2.24, 2.45) is 0 Å². The van der Waals surface area contributed by atoms with Crippen molar-refractivity contribution in [1.82, 2.24) is 5.32 Å². The lowest BCUT2D eigenvalue weighted by molar-refractivity contribution is -0.122. The van der Waals surface area contributed by atoms with E-state index >= 15 is 0 Å². The lowest BCUT2D eigenvalue weighted by Crippen LogP contribution is -2.38. The van der Waals surface area contributed by atoms with Crippen LogP contribution in [-0.4, -0.2) is 23.2 Å². The second kappa shape index (κ2) is 5.14. The highest BCUT2D eigenvalue weighted by atomic mass is 16.3. The monoisotopic (exact) mass is 173 g/mol. The summed E-state index contributed by atoms with van der Waals surface area (Å²) in [5, 5.41) is 11.9. The summed E-state index contributed by atoms with van der Waals surface area (Å²) in [5.41, 5.74) is -0.804. The Morgan fingerprint density at radius 2 is 2.08 bits per heavy atom. The SMILES string of the molecule is CCCCC(=O)NCC(C)(C)O. The standard InChI is InChI=1S/C9H19NO2/c1-4-5-6-8(11)10-7-9(2,3)12/h12H,4-7H2,1-3H3,(H,10,11). The van der Waals surface area contributed by atoms with Gasteiger partial charge in [-0.25, -0.2) is 0 Å². The molecular formula is C9H19NO2. The van der Waals surface area contributed by atoms with Crippen molar-refractivity contribution in [3.05, 3.63) is 0 Å². The van der Waals surface area contributed by atoms with E-state index in [0.717, 1.165) is 12.8 Å². The average molecular weight is 173 g/mol. The number of unbranched alkanes of at least 4 members (excludes halogenated alkanes) is 1. The maximum atomic E-state index is 11.0. The summed E-state index contributed by atoms with van der Waals surface area (Å²) in [7, 11) is 0. The zero-order valence-electron chi connectivity index (χ0n) is 8.18. The minimum absolute atomic E-state index is 0.0268. The lowest BCUT2D eigenvalue weighted by atomic mass is 10.1. The highest BCUT2D eigenvalue weighted by molar-refractivity contribution is 5.75. The van der Waals surface area contributed by atoms with Gasteiger partial charge in [0.25, 0.3) is 0 Å². The zero-order chi connectivity index (χ0) is 9.61. The fraction of sp³-hybridized carbons (Fsp3) is 0.889. The number of nitrogens with one attached hydrogen (secondary N) is 1. The van der Waals surface area contributed by atoms with Crippen LogP contribution >= 0.6 is 0 Å². The zero-order valence-corrected chi connectivity index (χ0v) is 8.18. The van der Waals surface area contributed by atoms with Gasteiger partial charge < -0.3 is 10.4 Å². The molecule has 0 saturated carbocycles. The van der Waals surface area contributed by atoms with Gasteiger partial charge in [0, 0.05) is 13.0 Å². The number of hydrogen-bond acceptors (Lipinski definition) is 2. The third-order valence-electron chi connectivity index (χ3n) is 1.48. The predicted octanol–water partition coefficient (Wildman–Crippen LogP) is 1.06. The molecule has 0 fully saturated rings. The van der Waals surface area contributed by atoms with Crippen LogP contribution in [-0.2, 0) is 4.79 Å². The van der Waals surface area contributed by atoms with Crippen LogP contribution in [0, 0.1) is 0 Å². The van der Waals surface area contributed by atoms with E-state index in [2.05, 4.69) is 5.32 Å². The Morgan fingerprint density at radius 1 is 1.50 bits per heavy atom. The van der Waals surface area contributed by atoms with E-state index in [0.29, 0.717) is 13.0 Å². The number of carbonyl (C=O) groups is 1. The van der Waals surface area contributed by atoms with Gasteiger partial charge in [0.05, 0.1) is 5.60 Å². The number of rotatable bonds is 5. The topological polar surface area (TPSA) is 49.3 Å². The molecule has 0 spiro atoms. The van der Waals surface area contributed by atoms with Crippen LogP contribution in [0.1, 0.15) is 40.0 Å². The molecule has 0 unspecified atom stereocenters. The van der Waals surface area contributed by atoms with E-state index in [4.69, 9.17) is 0 Å². The molecule has 0 radical (unpaired) electrons. The molecular weight excluding hydrogens is 154 g/mol. The lowest BCUT2D eigenvalue weighted by Gasteiger charge is -2.17. The van der Waals surface area contributed by atoms with E-state index < -0.39 is 5.60 Å². The normalized spacial score (nSPS) is 11.3. The van der Waals surface area contributed by atoms with Gasteiger partial charge in [-0.15, -0.1) is 0 Å². The first kappa shape index (κ1) is 11.4. The molecule has 0 aromatic heterocycles. The Morgan fingerprint density at radius 3 is 2.50 bits per heavy atom. The smallest absolute Gasteiger partial charge is 0.220 e. The van der Waals surface area contributed by atoms with Gasteiger partial charge in [0.2, 0.25) is 5.91 Å². The van der Waals surface area contributed by atoms with Crippen molar-refractivity contribution in [2.75, 3.05) is 6.54 Å². The molecule has 0 bridgehead atoms. The van der Waals surface area contributed by atoms with Crippen LogP contribution in [0.4, 0.5) is 0 Å². The van der Waals surface area contributed by atoms with Crippen LogP contribution in [0.3, 0.4) is 0 Å². The van der Waals surface area contributed by atoms with Crippen molar-refractivity contribution in [1.29, 1.82) is 0 Å². The van der Waals surface area contributed by atoms with Crippen LogP contribution in [0.2, 0.25) is 0 Å². The third kappa shape index (κ3) is 7.54. The molecule has 0 aromatic rings. The molecule has 0 aliphatic heterocycles. The molecule has 2 N–H and O–H groups in total. The number of carbonyl (C=O) groups excluding carboxylic acids is 1. The van der Waals surface area contributed by atoms with Crippen molar-refractivity contribution >= 4 is 5.91 Å². The fourth-order valence-electron chi connectivity index (χ4n) is 0.741. The molecule has 0 saturated heterocycles. The van der Waals surface area contributed by atoms with E-state index in [1.54, 1.807) is 13.8 Å². The van der Waals surface area contributed by atoms with E-state index in [1.165, 1.54) is 0 Å². The maximum Gasteiger partial charge on any atom is 0.220 e. The van der Waals surface area contributed by atoms with Crippen LogP contribution < -0.4 is 5.32 Å². The first-order chi connectivity index (χ1) is 5.45. The molecule has 0 aliphatic carbocycles. The fourth-order valence-corrected chi connectivity index (χ4v) is 0.741. The van der Waals surface area contributed by atoms with Crippen LogP contribution in [0.5, 0.6) is 0 Å². The minimum Gasteiger partial charge on any atom is -0.389 e. The summed E-state index contributed by atoms with van der Waals surface area (Å²) < 4.78 is 0. The van der Waals surface area contributed by atoms with Crippen LogP contribution in [0.25, 0.3) is 0 Å². The molecule has 0 aromatic carbocycles. The quantitative estimate of drug-likeness (QED) is 0.653. The molecule has 0 rings (SSSR count). The van der Waals surface area contributed by atoms with Crippen molar-refractivity contribution < 1.29 is 9.90 Å². The summed E-state index contributed by atoms with van der Waals surface area (Å²) in [6.07, 6.45) is 2.50. The average Bonchev–Trinajstić information content (AvgIpc) is 1.95. The summed E-state index contributed by atoms with van der Waals surface area (Å²) in [4.78, 5) is 11.0. The molecule has 0 heterocycles. The molecule has 12 heavy (non-hydrogen) atoms. The second-order valence-electron chi connectivity index (χ2n) is 3.69. The number of aliphatic hydroxyl groups is 1. The van der Waals surface area contributed by atoms with Gasteiger partial charge in [-0.05, 0) is 20.3 Å². The van der Waals surface area contributed by atoms with E-state index in [-0.39, 0.29) is 5.91 Å². The number of hydrogen-bond donors (Lipinski definition) is 2. The van der Waals surface area contributed by atoms with Gasteiger partial charge in [0.1, 0.15) is 0 Å². The Balaban J connectivity index is 3.44. The summed E-state index contributed by atoms with van der Waals surface area (Å²) in [6, 6.07) is 0. The molecule has 72 valence electrons. The van der Waals surface area contributed by atoms with Gasteiger partial charge >= 0.3 is 0 Å². The van der Waals surface area contributed by atoms with E-state index in [9.17, 15) is 9.90 Å². The Kier molecular flexibility index (Phi) is 4.90. The summed E-state index contributed by atoms with van der Waals surface area (Å²) in [5.74, 6) is 0.0268. The largest absolute Gasteiger partial charge is 0.389 e. The summed E-state index contributed by atoms with van der Waals surface area (Å²) in [6.45, 7) is 5.72. The summed E-state index contributed by atoms with van der Waals surface area (Å²) >= 11 is 0. The highest BCUT2D eigenvalue weighted by Gasteiger charge is 2.12. The second-order valence-corrected chi connectivity index (χ2v) is 3.69. The third-order valence-corrected chi connectivity index (χ3v) is 1.48. The van der Waals surface area contributed by atoms with Gasteiger partial charge in [0.15, 0.2) is 0 Å². The van der Waals surface area contributed by atoms with Gasteiger partial charge in [-0.2, -0.15) is 0 Å². The van der Waals surface area contributed by atoms with E-state index in [1.807, 2.05) is 6.92 Å². The van der Waals surface area contributed by atoms with Gasteiger partial charge in [-0.1, -0.05) is 13.3 Å². The molecule has 0 aliphatic rings. The minimum atomic E-state index is -0.804. The Labute approximate surface area is 74.2 Å². The Hall–Kier alpha value is -0.570. The molecule has 1 amide bonds. The molecule has 3 heteroatoms. The highest BCUT2D eigenvalue weighted by Crippen LogP contribution is 1.98. The maximum absolute atomic E-state index is 11.0. The number of amides is 1. The predicted molar refractivity (Wildman–Crippen MR) is 48.8 cm³/mol. The van der Waals surface area contributed by atoms with Crippen molar-refractivity contribution in [3.63, 3.8) is 0 Å². The van der Waals surface area contributed by atoms with Crippen molar-refractivity contribution in [2.45, 2.75) is 45.6 Å². The first-order valence-corrected chi connectivity index (χ1v) is 4.45. The molecule has 0 atom stereocenters. The first-order valence-electron chi connectivity index (χ1n) is 4.45. The van der Waals surface area contributed by atoms with Gasteiger partial charge in [-0.3, -0.25) is 4.79 Å². The molecule has 3 nitrogen and oxygen atoms in total. The van der Waals surface area contributed by atoms with Crippen LogP contribution in [0.15, 0.2) is 0 Å². The Bertz CT molecular complexity index is 138.